The maximum absolute atomic E-state index is 12.2. The third kappa shape index (κ3) is 4.95. The minimum Gasteiger partial charge on any atom is -0.482 e. The Hall–Kier alpha value is -2.24. The van der Waals surface area contributed by atoms with Crippen molar-refractivity contribution in [1.82, 2.24) is 4.90 Å². The lowest BCUT2D eigenvalue weighted by Gasteiger charge is -2.21. The van der Waals surface area contributed by atoms with Crippen LogP contribution in [0.1, 0.15) is 37.0 Å². The fourth-order valence-corrected chi connectivity index (χ4v) is 2.04. The van der Waals surface area contributed by atoms with Crippen LogP contribution in [0.2, 0.25) is 0 Å². The van der Waals surface area contributed by atoms with Gasteiger partial charge in [0.15, 0.2) is 6.61 Å². The Balaban J connectivity index is 2.74. The van der Waals surface area contributed by atoms with Crippen molar-refractivity contribution in [2.75, 3.05) is 32.5 Å². The highest BCUT2D eigenvalue weighted by Crippen LogP contribution is 2.23. The Morgan fingerprint density at radius 2 is 1.82 bits per heavy atom. The molecule has 122 valence electrons. The zero-order valence-corrected chi connectivity index (χ0v) is 13.4. The van der Waals surface area contributed by atoms with Gasteiger partial charge < -0.3 is 20.1 Å². The maximum Gasteiger partial charge on any atom is 0.337 e. The first-order valence-electron chi connectivity index (χ1n) is 7.41. The van der Waals surface area contributed by atoms with Crippen LogP contribution in [0.5, 0.6) is 5.75 Å². The molecule has 0 heterocycles. The molecule has 0 aromatic heterocycles. The first-order chi connectivity index (χ1) is 10.5. The Morgan fingerprint density at radius 1 is 1.18 bits per heavy atom. The number of nitrogens with two attached hydrogens (primary N) is 1. The number of benzene rings is 1. The average Bonchev–Trinajstić information content (AvgIpc) is 2.52. The third-order valence-corrected chi connectivity index (χ3v) is 3.13. The van der Waals surface area contributed by atoms with E-state index in [1.165, 1.54) is 13.2 Å². The van der Waals surface area contributed by atoms with Gasteiger partial charge in [0.05, 0.1) is 18.4 Å². The van der Waals surface area contributed by atoms with E-state index in [0.29, 0.717) is 30.1 Å². The fraction of sp³-hybridized carbons (Fsp3) is 0.500. The molecule has 0 unspecified atom stereocenters. The molecule has 1 rings (SSSR count). The van der Waals surface area contributed by atoms with Crippen molar-refractivity contribution in [1.29, 1.82) is 0 Å². The largest absolute Gasteiger partial charge is 0.482 e. The van der Waals surface area contributed by atoms with Gasteiger partial charge in [0.1, 0.15) is 5.75 Å². The zero-order chi connectivity index (χ0) is 16.5. The van der Waals surface area contributed by atoms with E-state index in [9.17, 15) is 9.59 Å². The van der Waals surface area contributed by atoms with E-state index in [0.717, 1.165) is 12.8 Å². The van der Waals surface area contributed by atoms with Gasteiger partial charge in [-0.1, -0.05) is 13.8 Å². The first kappa shape index (κ1) is 17.8. The SMILES string of the molecule is CCCN(CCC)C(=O)COc1cc(C(=O)OC)ccc1N. The molecule has 0 atom stereocenters. The molecule has 6 heteroatoms. The highest BCUT2D eigenvalue weighted by atomic mass is 16.5. The van der Waals surface area contributed by atoms with Crippen LogP contribution in [0.4, 0.5) is 5.69 Å². The minimum absolute atomic E-state index is 0.0911. The number of ether oxygens (including phenoxy) is 2. The van der Waals surface area contributed by atoms with Crippen LogP contribution in [0.3, 0.4) is 0 Å². The summed E-state index contributed by atoms with van der Waals surface area (Å²) < 4.78 is 10.1. The lowest BCUT2D eigenvalue weighted by atomic mass is 10.2. The third-order valence-electron chi connectivity index (χ3n) is 3.13. The first-order valence-corrected chi connectivity index (χ1v) is 7.41. The molecule has 0 bridgehead atoms. The molecule has 0 aliphatic heterocycles. The van der Waals surface area contributed by atoms with E-state index in [2.05, 4.69) is 4.74 Å². The zero-order valence-electron chi connectivity index (χ0n) is 13.4. The highest BCUT2D eigenvalue weighted by molar-refractivity contribution is 5.90. The molecule has 0 spiro atoms. The Morgan fingerprint density at radius 3 is 2.36 bits per heavy atom. The molecule has 6 nitrogen and oxygen atoms in total. The van der Waals surface area contributed by atoms with E-state index in [-0.39, 0.29) is 12.5 Å². The number of carbonyl (C=O) groups is 2. The lowest BCUT2D eigenvalue weighted by Crippen LogP contribution is -2.36. The summed E-state index contributed by atoms with van der Waals surface area (Å²) in [5.74, 6) is -0.259. The molecule has 0 fully saturated rings. The molecule has 0 saturated heterocycles. The van der Waals surface area contributed by atoms with Crippen molar-refractivity contribution in [3.63, 3.8) is 0 Å². The van der Waals surface area contributed by atoms with Gasteiger partial charge in [0.2, 0.25) is 0 Å². The summed E-state index contributed by atoms with van der Waals surface area (Å²) in [7, 11) is 1.30. The van der Waals surface area contributed by atoms with Crippen LogP contribution >= 0.6 is 0 Å². The predicted molar refractivity (Wildman–Crippen MR) is 84.9 cm³/mol. The number of rotatable bonds is 8. The molecule has 0 aliphatic carbocycles. The van der Waals surface area contributed by atoms with Crippen LogP contribution in [0.15, 0.2) is 18.2 Å². The van der Waals surface area contributed by atoms with Gasteiger partial charge in [-0.15, -0.1) is 0 Å². The summed E-state index contributed by atoms with van der Waals surface area (Å²) in [6, 6.07) is 4.59. The molecule has 22 heavy (non-hydrogen) atoms. The number of hydrogen-bond acceptors (Lipinski definition) is 5. The fourth-order valence-electron chi connectivity index (χ4n) is 2.04. The quantitative estimate of drug-likeness (QED) is 0.587. The van der Waals surface area contributed by atoms with Gasteiger partial charge >= 0.3 is 5.97 Å². The van der Waals surface area contributed by atoms with Crippen LogP contribution < -0.4 is 10.5 Å². The van der Waals surface area contributed by atoms with Crippen LogP contribution in [-0.2, 0) is 9.53 Å². The number of esters is 1. The normalized spacial score (nSPS) is 10.1. The lowest BCUT2D eigenvalue weighted by molar-refractivity contribution is -0.133. The van der Waals surface area contributed by atoms with Crippen molar-refractivity contribution >= 4 is 17.6 Å². The number of carbonyl (C=O) groups excluding carboxylic acids is 2. The second kappa shape index (κ2) is 8.92. The molecular weight excluding hydrogens is 284 g/mol. The molecule has 0 radical (unpaired) electrons. The number of nitrogens with zero attached hydrogens (tertiary/aromatic N) is 1. The number of amides is 1. The van der Waals surface area contributed by atoms with Gasteiger partial charge in [0, 0.05) is 13.1 Å². The maximum atomic E-state index is 12.2. The minimum atomic E-state index is -0.477. The summed E-state index contributed by atoms with van der Waals surface area (Å²) in [5.41, 5.74) is 6.51. The monoisotopic (exact) mass is 308 g/mol. The summed E-state index contributed by atoms with van der Waals surface area (Å²) in [6.45, 7) is 5.35. The van der Waals surface area contributed by atoms with E-state index < -0.39 is 5.97 Å². The second-order valence-electron chi connectivity index (χ2n) is 4.91. The summed E-state index contributed by atoms with van der Waals surface area (Å²) in [4.78, 5) is 25.4. The van der Waals surface area contributed by atoms with E-state index in [1.807, 2.05) is 13.8 Å². The molecule has 1 aromatic carbocycles. The topological polar surface area (TPSA) is 81.9 Å². The highest BCUT2D eigenvalue weighted by Gasteiger charge is 2.14. The smallest absolute Gasteiger partial charge is 0.337 e. The van der Waals surface area contributed by atoms with Gasteiger partial charge in [-0.25, -0.2) is 4.79 Å². The van der Waals surface area contributed by atoms with Gasteiger partial charge in [-0.05, 0) is 31.0 Å². The Labute approximate surface area is 131 Å². The molecule has 0 saturated carbocycles. The Bertz CT molecular complexity index is 511. The van der Waals surface area contributed by atoms with Crippen molar-refractivity contribution in [2.24, 2.45) is 0 Å². The van der Waals surface area contributed by atoms with Crippen molar-refractivity contribution in [3.8, 4) is 5.75 Å². The summed E-state index contributed by atoms with van der Waals surface area (Å²) in [5, 5.41) is 0. The standard InChI is InChI=1S/C16H24N2O4/c1-4-8-18(9-5-2)15(19)11-22-14-10-12(16(20)21-3)6-7-13(14)17/h6-7,10H,4-5,8-9,11,17H2,1-3H3. The number of anilines is 1. The Kier molecular flexibility index (Phi) is 7.22. The molecule has 1 amide bonds. The van der Waals surface area contributed by atoms with Crippen molar-refractivity contribution in [3.05, 3.63) is 23.8 Å². The van der Waals surface area contributed by atoms with E-state index in [1.54, 1.807) is 17.0 Å². The van der Waals surface area contributed by atoms with Gasteiger partial charge in [0.25, 0.3) is 5.91 Å². The molecule has 2 N–H and O–H groups in total. The summed E-state index contributed by atoms with van der Waals surface area (Å²) in [6.07, 6.45) is 1.79. The second-order valence-corrected chi connectivity index (χ2v) is 4.91. The van der Waals surface area contributed by atoms with Crippen molar-refractivity contribution in [2.45, 2.75) is 26.7 Å². The van der Waals surface area contributed by atoms with Gasteiger partial charge in [-0.2, -0.15) is 0 Å². The molecule has 1 aromatic rings. The molecular formula is C16H24N2O4. The van der Waals surface area contributed by atoms with Crippen molar-refractivity contribution < 1.29 is 19.1 Å². The average molecular weight is 308 g/mol. The molecule has 0 aliphatic rings. The number of methoxy groups -OCH3 is 1. The van der Waals surface area contributed by atoms with Gasteiger partial charge in [-0.3, -0.25) is 4.79 Å². The number of nitrogen functional groups attached to an aromatic ring is 1. The van der Waals surface area contributed by atoms with E-state index in [4.69, 9.17) is 10.5 Å². The predicted octanol–water partition coefficient (Wildman–Crippen LogP) is 2.08. The summed E-state index contributed by atoms with van der Waals surface area (Å²) >= 11 is 0. The van der Waals surface area contributed by atoms with Crippen LogP contribution in [-0.4, -0.2) is 43.6 Å². The van der Waals surface area contributed by atoms with E-state index >= 15 is 0 Å². The van der Waals surface area contributed by atoms with Crippen LogP contribution in [0, 0.1) is 0 Å². The number of hydrogen-bond donors (Lipinski definition) is 1. The van der Waals surface area contributed by atoms with Crippen LogP contribution in [0.25, 0.3) is 0 Å².